The van der Waals surface area contributed by atoms with Crippen molar-refractivity contribution in [2.45, 2.75) is 26.8 Å². The summed E-state index contributed by atoms with van der Waals surface area (Å²) in [7, 11) is 3.95. The van der Waals surface area contributed by atoms with Crippen LogP contribution < -0.4 is 14.7 Å². The standard InChI is InChI=1S/C25H31N3O4/c1-16(2)15-32-20-9-8-18(13-17(20)3)23(29)21-22(19-7-6-10-26-14-19)28(12-11-27(4)5)25(31)24(21)30/h6-10,13-14,16,22,29H,11-12,15H2,1-5H3/b23-21+. The van der Waals surface area contributed by atoms with Gasteiger partial charge in [0, 0.05) is 18.0 Å². The molecule has 0 radical (unpaired) electrons. The lowest BCUT2D eigenvalue weighted by molar-refractivity contribution is -0.857. The fourth-order valence-corrected chi connectivity index (χ4v) is 3.69. The van der Waals surface area contributed by atoms with E-state index >= 15 is 0 Å². The number of nitrogens with one attached hydrogen (secondary N) is 1. The van der Waals surface area contributed by atoms with E-state index in [1.807, 2.05) is 21.0 Å². The van der Waals surface area contributed by atoms with Crippen LogP contribution in [0.2, 0.25) is 0 Å². The van der Waals surface area contributed by atoms with E-state index in [2.05, 4.69) is 18.8 Å². The number of hydrogen-bond donors (Lipinski definition) is 1. The van der Waals surface area contributed by atoms with E-state index in [0.29, 0.717) is 42.5 Å². The number of aryl methyl sites for hydroxylation is 1. The van der Waals surface area contributed by atoms with Crippen LogP contribution >= 0.6 is 0 Å². The lowest BCUT2D eigenvalue weighted by Gasteiger charge is -2.27. The Morgan fingerprint density at radius 2 is 2.00 bits per heavy atom. The zero-order chi connectivity index (χ0) is 23.4. The van der Waals surface area contributed by atoms with E-state index in [1.165, 1.54) is 4.90 Å². The Morgan fingerprint density at radius 1 is 1.25 bits per heavy atom. The molecule has 2 aromatic rings. The van der Waals surface area contributed by atoms with E-state index in [4.69, 9.17) is 4.74 Å². The molecule has 32 heavy (non-hydrogen) atoms. The van der Waals surface area contributed by atoms with Crippen LogP contribution in [0, 0.1) is 12.8 Å². The van der Waals surface area contributed by atoms with Crippen LogP contribution in [0.3, 0.4) is 0 Å². The number of carbonyl (C=O) groups excluding carboxylic acids is 2. The largest absolute Gasteiger partial charge is 0.872 e. The highest BCUT2D eigenvalue weighted by atomic mass is 16.5. The first-order valence-corrected chi connectivity index (χ1v) is 10.9. The number of pyridine rings is 1. The molecule has 1 N–H and O–H groups in total. The molecular weight excluding hydrogens is 406 g/mol. The Labute approximate surface area is 189 Å². The zero-order valence-corrected chi connectivity index (χ0v) is 19.3. The first-order valence-electron chi connectivity index (χ1n) is 10.9. The molecule has 1 fully saturated rings. The molecule has 1 atom stereocenters. The van der Waals surface area contributed by atoms with Crippen LogP contribution in [0.15, 0.2) is 48.3 Å². The maximum atomic E-state index is 13.5. The number of likely N-dealkylation sites (N-methyl/N-ethyl adjacent to an activating group) is 1. The maximum absolute atomic E-state index is 13.5. The van der Waals surface area contributed by atoms with Crippen molar-refractivity contribution >= 4 is 17.4 Å². The summed E-state index contributed by atoms with van der Waals surface area (Å²) in [4.78, 5) is 32.6. The average molecular weight is 438 g/mol. The number of hydrogen-bond acceptors (Lipinski definition) is 5. The minimum atomic E-state index is -0.743. The van der Waals surface area contributed by atoms with E-state index in [0.717, 1.165) is 10.5 Å². The summed E-state index contributed by atoms with van der Waals surface area (Å²) in [6.07, 6.45) is 3.23. The Kier molecular flexibility index (Phi) is 7.30. The second-order valence-electron chi connectivity index (χ2n) is 8.90. The summed E-state index contributed by atoms with van der Waals surface area (Å²) < 4.78 is 5.80. The highest BCUT2D eigenvalue weighted by Crippen LogP contribution is 2.38. The lowest BCUT2D eigenvalue weighted by atomic mass is 9.95. The minimum Gasteiger partial charge on any atom is -0.872 e. The van der Waals surface area contributed by atoms with E-state index in [1.54, 1.807) is 42.7 Å². The number of carbonyl (C=O) groups is 2. The van der Waals surface area contributed by atoms with Gasteiger partial charge in [0.05, 0.1) is 39.8 Å². The predicted octanol–water partition coefficient (Wildman–Crippen LogP) is 0.793. The Morgan fingerprint density at radius 3 is 2.59 bits per heavy atom. The van der Waals surface area contributed by atoms with Crippen LogP contribution in [0.4, 0.5) is 0 Å². The Bertz CT molecular complexity index is 1020. The van der Waals surface area contributed by atoms with Gasteiger partial charge in [-0.2, -0.15) is 0 Å². The molecule has 1 unspecified atom stereocenters. The number of rotatable bonds is 8. The number of aromatic nitrogens is 1. The molecule has 0 aliphatic carbocycles. The van der Waals surface area contributed by atoms with Crippen LogP contribution in [0.1, 0.15) is 36.6 Å². The van der Waals surface area contributed by atoms with E-state index < -0.39 is 23.5 Å². The molecule has 1 aliphatic rings. The van der Waals surface area contributed by atoms with Gasteiger partial charge in [-0.05, 0) is 47.7 Å². The van der Waals surface area contributed by atoms with Crippen molar-refractivity contribution in [2.75, 3.05) is 33.8 Å². The molecule has 1 aromatic carbocycles. The molecular formula is C25H31N3O4. The average Bonchev–Trinajstić information content (AvgIpc) is 3.01. The monoisotopic (exact) mass is 437 g/mol. The van der Waals surface area contributed by atoms with Crippen molar-refractivity contribution in [3.8, 4) is 5.75 Å². The first kappa shape index (κ1) is 23.5. The van der Waals surface area contributed by atoms with Crippen molar-refractivity contribution in [2.24, 2.45) is 5.92 Å². The fourth-order valence-electron chi connectivity index (χ4n) is 3.69. The smallest absolute Gasteiger partial charge is 0.295 e. The van der Waals surface area contributed by atoms with Crippen molar-refractivity contribution in [3.05, 3.63) is 65.0 Å². The Balaban J connectivity index is 2.05. The normalized spacial score (nSPS) is 18.1. The molecule has 1 saturated heterocycles. The van der Waals surface area contributed by atoms with E-state index in [9.17, 15) is 14.7 Å². The lowest BCUT2D eigenvalue weighted by Crippen LogP contribution is -3.06. The molecule has 0 bridgehead atoms. The van der Waals surface area contributed by atoms with Crippen molar-refractivity contribution in [3.63, 3.8) is 0 Å². The summed E-state index contributed by atoms with van der Waals surface area (Å²) in [5, 5.41) is 13.5. The van der Waals surface area contributed by atoms with E-state index in [-0.39, 0.29) is 5.57 Å². The third-order valence-corrected chi connectivity index (χ3v) is 5.39. The molecule has 0 spiro atoms. The molecule has 3 rings (SSSR count). The van der Waals surface area contributed by atoms with Gasteiger partial charge in [0.25, 0.3) is 5.91 Å². The number of ether oxygens (including phenoxy) is 1. The SMILES string of the molecule is Cc1cc(/C([O-])=C2\C(=O)C(=O)N(CC[NH+](C)C)C2c2cccnc2)ccc1OCC(C)C. The highest BCUT2D eigenvalue weighted by molar-refractivity contribution is 6.46. The molecule has 7 nitrogen and oxygen atoms in total. The molecule has 7 heteroatoms. The van der Waals surface area contributed by atoms with Crippen molar-refractivity contribution in [1.29, 1.82) is 0 Å². The van der Waals surface area contributed by atoms with Gasteiger partial charge in [-0.3, -0.25) is 14.6 Å². The third-order valence-electron chi connectivity index (χ3n) is 5.39. The topological polar surface area (TPSA) is 87.0 Å². The summed E-state index contributed by atoms with van der Waals surface area (Å²) in [5.41, 5.74) is 1.80. The van der Waals surface area contributed by atoms with Gasteiger partial charge in [0.2, 0.25) is 5.78 Å². The van der Waals surface area contributed by atoms with Crippen LogP contribution in [0.5, 0.6) is 5.75 Å². The third kappa shape index (κ3) is 4.99. The number of quaternary nitrogens is 1. The maximum Gasteiger partial charge on any atom is 0.295 e. The quantitative estimate of drug-likeness (QED) is 0.375. The summed E-state index contributed by atoms with van der Waals surface area (Å²) in [6.45, 7) is 7.58. The fraction of sp³-hybridized carbons (Fsp3) is 0.400. The predicted molar refractivity (Wildman–Crippen MR) is 120 cm³/mol. The van der Waals surface area contributed by atoms with Gasteiger partial charge < -0.3 is 19.6 Å². The number of amides is 1. The van der Waals surface area contributed by atoms with Gasteiger partial charge in [0.15, 0.2) is 0 Å². The van der Waals surface area contributed by atoms with Crippen molar-refractivity contribution < 1.29 is 24.3 Å². The molecule has 1 aromatic heterocycles. The number of nitrogens with zero attached hydrogens (tertiary/aromatic N) is 2. The van der Waals surface area contributed by atoms with Gasteiger partial charge in [0.1, 0.15) is 5.75 Å². The molecule has 0 saturated carbocycles. The van der Waals surface area contributed by atoms with Crippen LogP contribution in [0.25, 0.3) is 5.76 Å². The number of ketones is 1. The van der Waals surface area contributed by atoms with Crippen LogP contribution in [-0.2, 0) is 9.59 Å². The minimum absolute atomic E-state index is 0.0213. The molecule has 1 aliphatic heterocycles. The van der Waals surface area contributed by atoms with Gasteiger partial charge in [-0.25, -0.2) is 0 Å². The zero-order valence-electron chi connectivity index (χ0n) is 19.3. The second-order valence-corrected chi connectivity index (χ2v) is 8.90. The molecule has 170 valence electrons. The van der Waals surface area contributed by atoms with Gasteiger partial charge in [-0.1, -0.05) is 31.7 Å². The summed E-state index contributed by atoms with van der Waals surface area (Å²) in [6, 6.07) is 7.91. The van der Waals surface area contributed by atoms with Gasteiger partial charge >= 0.3 is 0 Å². The van der Waals surface area contributed by atoms with Crippen LogP contribution in [-0.4, -0.2) is 55.4 Å². The number of likely N-dealkylation sites (tertiary alicyclic amines) is 1. The summed E-state index contributed by atoms with van der Waals surface area (Å²) in [5.74, 6) is -0.736. The second kappa shape index (κ2) is 9.96. The highest BCUT2D eigenvalue weighted by Gasteiger charge is 2.44. The number of Topliss-reactive ketones (excluding diaryl/α,β-unsaturated/α-hetero) is 1. The number of benzene rings is 1. The molecule has 1 amide bonds. The Hall–Kier alpha value is -3.19. The first-order chi connectivity index (χ1) is 15.2. The summed E-state index contributed by atoms with van der Waals surface area (Å²) >= 11 is 0. The van der Waals surface area contributed by atoms with Crippen molar-refractivity contribution in [1.82, 2.24) is 9.88 Å². The molecule has 2 heterocycles. The van der Waals surface area contributed by atoms with Gasteiger partial charge in [-0.15, -0.1) is 0 Å².